The second-order valence-corrected chi connectivity index (χ2v) is 5.36. The Morgan fingerprint density at radius 2 is 1.90 bits per heavy atom. The smallest absolute Gasteiger partial charge is 0.222 e. The molecule has 3 nitrogen and oxygen atoms in total. The van der Waals surface area contributed by atoms with Crippen molar-refractivity contribution in [2.24, 2.45) is 0 Å². The number of carbonyl (C=O) groups is 1. The van der Waals surface area contributed by atoms with Gasteiger partial charge in [0.15, 0.2) is 0 Å². The van der Waals surface area contributed by atoms with Gasteiger partial charge in [0.1, 0.15) is 5.82 Å². The highest BCUT2D eigenvalue weighted by atomic mass is 19.1. The third-order valence-electron chi connectivity index (χ3n) is 3.49. The summed E-state index contributed by atoms with van der Waals surface area (Å²) in [6, 6.07) is 6.40. The van der Waals surface area contributed by atoms with Gasteiger partial charge in [-0.1, -0.05) is 31.9 Å². The van der Waals surface area contributed by atoms with Crippen LogP contribution in [0, 0.1) is 5.82 Å². The molecule has 1 N–H and O–H groups in total. The second-order valence-electron chi connectivity index (χ2n) is 5.36. The zero-order chi connectivity index (χ0) is 15.5. The Balaban J connectivity index is 2.57. The summed E-state index contributed by atoms with van der Waals surface area (Å²) in [6.45, 7) is 4.36. The van der Waals surface area contributed by atoms with Gasteiger partial charge in [0.2, 0.25) is 5.91 Å². The molecular weight excluding hydrogens is 267 g/mol. The summed E-state index contributed by atoms with van der Waals surface area (Å²) in [5, 5.41) is 3.06. The normalized spacial score (nSPS) is 10.6. The van der Waals surface area contributed by atoms with Crippen molar-refractivity contribution in [1.82, 2.24) is 10.2 Å². The summed E-state index contributed by atoms with van der Waals surface area (Å²) in [4.78, 5) is 14.2. The van der Waals surface area contributed by atoms with Crippen LogP contribution in [0.15, 0.2) is 24.3 Å². The zero-order valence-corrected chi connectivity index (χ0v) is 13.2. The Morgan fingerprint density at radius 3 is 2.52 bits per heavy atom. The standard InChI is InChI=1S/C17H27FN2O/c1-3-4-5-13-20(17(21)7-6-12-19-2)14-15-8-10-16(18)11-9-15/h8-11,19H,3-7,12-14H2,1-2H3. The van der Waals surface area contributed by atoms with Gasteiger partial charge in [0.05, 0.1) is 0 Å². The first-order valence-electron chi connectivity index (χ1n) is 7.84. The molecular formula is C17H27FN2O. The lowest BCUT2D eigenvalue weighted by molar-refractivity contribution is -0.132. The van der Waals surface area contributed by atoms with E-state index in [-0.39, 0.29) is 11.7 Å². The Bertz CT molecular complexity index is 406. The summed E-state index contributed by atoms with van der Waals surface area (Å²) in [7, 11) is 1.89. The molecule has 1 aromatic carbocycles. The molecule has 0 bridgehead atoms. The zero-order valence-electron chi connectivity index (χ0n) is 13.2. The number of rotatable bonds is 10. The van der Waals surface area contributed by atoms with Crippen LogP contribution in [0.4, 0.5) is 4.39 Å². The number of benzene rings is 1. The predicted octanol–water partition coefficient (Wildman–Crippen LogP) is 3.34. The Hall–Kier alpha value is -1.42. The number of hydrogen-bond acceptors (Lipinski definition) is 2. The molecule has 0 radical (unpaired) electrons. The van der Waals surface area contributed by atoms with E-state index in [9.17, 15) is 9.18 Å². The Kier molecular flexibility index (Phi) is 8.67. The molecule has 0 unspecified atom stereocenters. The SMILES string of the molecule is CCCCCN(Cc1ccc(F)cc1)C(=O)CCCNC. The maximum absolute atomic E-state index is 12.9. The van der Waals surface area contributed by atoms with Gasteiger partial charge >= 0.3 is 0 Å². The number of unbranched alkanes of at least 4 members (excludes halogenated alkanes) is 2. The van der Waals surface area contributed by atoms with E-state index < -0.39 is 0 Å². The van der Waals surface area contributed by atoms with Gasteiger partial charge in [-0.2, -0.15) is 0 Å². The fraction of sp³-hybridized carbons (Fsp3) is 0.588. The van der Waals surface area contributed by atoms with Crippen LogP contribution in [0.3, 0.4) is 0 Å². The molecule has 1 rings (SSSR count). The van der Waals surface area contributed by atoms with Crippen LogP contribution >= 0.6 is 0 Å². The first kappa shape index (κ1) is 17.6. The number of hydrogen-bond donors (Lipinski definition) is 1. The van der Waals surface area contributed by atoms with Crippen molar-refractivity contribution in [3.8, 4) is 0 Å². The molecule has 0 aromatic heterocycles. The molecule has 0 aliphatic rings. The molecule has 1 aromatic rings. The topological polar surface area (TPSA) is 32.3 Å². The van der Waals surface area contributed by atoms with E-state index in [1.165, 1.54) is 12.1 Å². The monoisotopic (exact) mass is 294 g/mol. The van der Waals surface area contributed by atoms with Crippen LogP contribution in [-0.4, -0.2) is 30.9 Å². The van der Waals surface area contributed by atoms with Crippen LogP contribution in [0.2, 0.25) is 0 Å². The van der Waals surface area contributed by atoms with Crippen molar-refractivity contribution in [3.05, 3.63) is 35.6 Å². The minimum Gasteiger partial charge on any atom is -0.338 e. The van der Waals surface area contributed by atoms with Gasteiger partial charge in [0.25, 0.3) is 0 Å². The van der Waals surface area contributed by atoms with Crippen LogP contribution in [0.5, 0.6) is 0 Å². The molecule has 21 heavy (non-hydrogen) atoms. The van der Waals surface area contributed by atoms with Crippen molar-refractivity contribution in [1.29, 1.82) is 0 Å². The van der Waals surface area contributed by atoms with E-state index in [2.05, 4.69) is 12.2 Å². The van der Waals surface area contributed by atoms with Crippen LogP contribution in [0.25, 0.3) is 0 Å². The van der Waals surface area contributed by atoms with Crippen molar-refractivity contribution >= 4 is 5.91 Å². The summed E-state index contributed by atoms with van der Waals surface area (Å²) in [6.07, 6.45) is 4.70. The quantitative estimate of drug-likeness (QED) is 0.671. The van der Waals surface area contributed by atoms with Gasteiger partial charge in [-0.15, -0.1) is 0 Å². The maximum atomic E-state index is 12.9. The molecule has 0 saturated carbocycles. The molecule has 0 heterocycles. The predicted molar refractivity (Wildman–Crippen MR) is 84.5 cm³/mol. The summed E-state index contributed by atoms with van der Waals surface area (Å²) < 4.78 is 12.9. The van der Waals surface area contributed by atoms with E-state index in [4.69, 9.17) is 0 Å². The first-order chi connectivity index (χ1) is 10.2. The van der Waals surface area contributed by atoms with Crippen molar-refractivity contribution in [2.45, 2.75) is 45.6 Å². The average molecular weight is 294 g/mol. The molecule has 0 aliphatic carbocycles. The molecule has 0 spiro atoms. The second kappa shape index (κ2) is 10.3. The van der Waals surface area contributed by atoms with E-state index in [0.717, 1.165) is 44.3 Å². The van der Waals surface area contributed by atoms with Crippen molar-refractivity contribution in [3.63, 3.8) is 0 Å². The molecule has 0 aliphatic heterocycles. The lowest BCUT2D eigenvalue weighted by atomic mass is 10.1. The van der Waals surface area contributed by atoms with Gasteiger partial charge in [0, 0.05) is 19.5 Å². The number of nitrogens with zero attached hydrogens (tertiary/aromatic N) is 1. The molecule has 0 fully saturated rings. The van der Waals surface area contributed by atoms with Gasteiger partial charge < -0.3 is 10.2 Å². The first-order valence-corrected chi connectivity index (χ1v) is 7.84. The minimum atomic E-state index is -0.239. The van der Waals surface area contributed by atoms with E-state index in [0.29, 0.717) is 13.0 Å². The molecule has 0 atom stereocenters. The summed E-state index contributed by atoms with van der Waals surface area (Å²) in [5.41, 5.74) is 0.981. The Labute approximate surface area is 127 Å². The highest BCUT2D eigenvalue weighted by Gasteiger charge is 2.13. The third-order valence-corrected chi connectivity index (χ3v) is 3.49. The molecule has 4 heteroatoms. The van der Waals surface area contributed by atoms with Crippen LogP contribution in [0.1, 0.15) is 44.6 Å². The molecule has 118 valence electrons. The highest BCUT2D eigenvalue weighted by Crippen LogP contribution is 2.10. The van der Waals surface area contributed by atoms with E-state index >= 15 is 0 Å². The summed E-state index contributed by atoms with van der Waals surface area (Å²) >= 11 is 0. The van der Waals surface area contributed by atoms with Crippen LogP contribution < -0.4 is 5.32 Å². The molecule has 0 saturated heterocycles. The van der Waals surface area contributed by atoms with Gasteiger partial charge in [-0.25, -0.2) is 4.39 Å². The largest absolute Gasteiger partial charge is 0.338 e. The number of halogens is 1. The maximum Gasteiger partial charge on any atom is 0.222 e. The van der Waals surface area contributed by atoms with Gasteiger partial charge in [-0.3, -0.25) is 4.79 Å². The highest BCUT2D eigenvalue weighted by molar-refractivity contribution is 5.76. The van der Waals surface area contributed by atoms with E-state index in [1.807, 2.05) is 11.9 Å². The summed E-state index contributed by atoms with van der Waals surface area (Å²) in [5.74, 6) is -0.0534. The minimum absolute atomic E-state index is 0.186. The fourth-order valence-corrected chi connectivity index (χ4v) is 2.23. The number of carbonyl (C=O) groups excluding carboxylic acids is 1. The van der Waals surface area contributed by atoms with Crippen molar-refractivity contribution in [2.75, 3.05) is 20.1 Å². The fourth-order valence-electron chi connectivity index (χ4n) is 2.23. The molecule has 1 amide bonds. The van der Waals surface area contributed by atoms with Gasteiger partial charge in [-0.05, 0) is 44.1 Å². The number of nitrogens with one attached hydrogen (secondary N) is 1. The number of amides is 1. The van der Waals surface area contributed by atoms with Crippen LogP contribution in [-0.2, 0) is 11.3 Å². The van der Waals surface area contributed by atoms with Crippen molar-refractivity contribution < 1.29 is 9.18 Å². The third kappa shape index (κ3) is 7.23. The average Bonchev–Trinajstić information content (AvgIpc) is 2.48. The van der Waals surface area contributed by atoms with E-state index in [1.54, 1.807) is 12.1 Å². The lowest BCUT2D eigenvalue weighted by Crippen LogP contribution is -2.31. The Morgan fingerprint density at radius 1 is 1.19 bits per heavy atom. The lowest BCUT2D eigenvalue weighted by Gasteiger charge is -2.23.